The number of nitrogens with zero attached hydrogens (tertiary/aromatic N) is 1. The third-order valence-electron chi connectivity index (χ3n) is 3.00. The Labute approximate surface area is 130 Å². The lowest BCUT2D eigenvalue weighted by molar-refractivity contribution is -0.384. The van der Waals surface area contributed by atoms with Crippen LogP contribution in [0.25, 0.3) is 0 Å². The highest BCUT2D eigenvalue weighted by molar-refractivity contribution is 9.10. The highest BCUT2D eigenvalue weighted by atomic mass is 79.9. The third-order valence-corrected chi connectivity index (χ3v) is 3.74. The van der Waals surface area contributed by atoms with Gasteiger partial charge in [0.2, 0.25) is 0 Å². The molecule has 2 rings (SSSR count). The van der Waals surface area contributed by atoms with Crippen LogP contribution in [0.2, 0.25) is 0 Å². The third kappa shape index (κ3) is 3.80. The van der Waals surface area contributed by atoms with E-state index in [0.29, 0.717) is 15.8 Å². The molecule has 0 heterocycles. The van der Waals surface area contributed by atoms with Gasteiger partial charge in [-0.1, -0.05) is 34.1 Å². The Morgan fingerprint density at radius 3 is 2.67 bits per heavy atom. The summed E-state index contributed by atoms with van der Waals surface area (Å²) in [5, 5.41) is 20.4. The second-order valence-corrected chi connectivity index (χ2v) is 5.39. The van der Waals surface area contributed by atoms with Gasteiger partial charge in [-0.05, 0) is 19.1 Å². The topological polar surface area (TPSA) is 72.6 Å². The van der Waals surface area contributed by atoms with Crippen molar-refractivity contribution >= 4 is 21.6 Å². The first-order valence-electron chi connectivity index (χ1n) is 6.31. The van der Waals surface area contributed by atoms with Gasteiger partial charge in [0.05, 0.1) is 11.0 Å². The number of nitro benzene ring substituents is 1. The average Bonchev–Trinajstić information content (AvgIpc) is 2.46. The molecule has 0 fully saturated rings. The monoisotopic (exact) mass is 351 g/mol. The van der Waals surface area contributed by atoms with Gasteiger partial charge in [-0.3, -0.25) is 10.1 Å². The Morgan fingerprint density at radius 1 is 1.33 bits per heavy atom. The first kappa shape index (κ1) is 15.5. The summed E-state index contributed by atoms with van der Waals surface area (Å²) in [6, 6.07) is 11.8. The fraction of sp³-hybridized carbons (Fsp3) is 0.200. The summed E-state index contributed by atoms with van der Waals surface area (Å²) < 4.78 is 6.32. The second-order valence-electron chi connectivity index (χ2n) is 4.54. The smallest absolute Gasteiger partial charge is 0.270 e. The summed E-state index contributed by atoms with van der Waals surface area (Å²) in [7, 11) is 0. The van der Waals surface area contributed by atoms with Gasteiger partial charge in [-0.25, -0.2) is 0 Å². The molecule has 1 N–H and O–H groups in total. The van der Waals surface area contributed by atoms with Crippen molar-refractivity contribution in [2.24, 2.45) is 0 Å². The van der Waals surface area contributed by atoms with E-state index in [4.69, 9.17) is 4.74 Å². The average molecular weight is 352 g/mol. The van der Waals surface area contributed by atoms with Crippen LogP contribution in [0.1, 0.15) is 24.2 Å². The number of ether oxygens (including phenoxy) is 1. The van der Waals surface area contributed by atoms with Crippen LogP contribution in [0.4, 0.5) is 5.69 Å². The minimum absolute atomic E-state index is 0.0232. The van der Waals surface area contributed by atoms with E-state index in [1.807, 2.05) is 12.1 Å². The minimum Gasteiger partial charge on any atom is -0.488 e. The van der Waals surface area contributed by atoms with Crippen molar-refractivity contribution in [3.63, 3.8) is 0 Å². The molecule has 0 aliphatic heterocycles. The van der Waals surface area contributed by atoms with E-state index in [9.17, 15) is 15.2 Å². The van der Waals surface area contributed by atoms with Gasteiger partial charge in [0, 0.05) is 27.7 Å². The van der Waals surface area contributed by atoms with E-state index in [0.717, 1.165) is 5.56 Å². The maximum atomic E-state index is 10.7. The number of halogens is 1. The molecule has 0 amide bonds. The van der Waals surface area contributed by atoms with Crippen molar-refractivity contribution in [3.8, 4) is 5.75 Å². The van der Waals surface area contributed by atoms with Crippen LogP contribution in [-0.4, -0.2) is 10.0 Å². The number of aliphatic hydroxyl groups excluding tert-OH is 1. The standard InChI is InChI=1S/C15H14BrNO4/c1-10(18)13-4-2-3-5-15(13)21-9-11-6-7-12(17(19)20)8-14(11)16/h2-8,10,18H,9H2,1H3. The lowest BCUT2D eigenvalue weighted by atomic mass is 10.1. The summed E-state index contributed by atoms with van der Waals surface area (Å²) in [5.41, 5.74) is 1.52. The molecule has 0 aromatic heterocycles. The molecule has 21 heavy (non-hydrogen) atoms. The summed E-state index contributed by atoms with van der Waals surface area (Å²) >= 11 is 3.30. The van der Waals surface area contributed by atoms with Gasteiger partial charge in [0.15, 0.2) is 0 Å². The highest BCUT2D eigenvalue weighted by Crippen LogP contribution is 2.28. The van der Waals surface area contributed by atoms with Crippen molar-refractivity contribution in [1.82, 2.24) is 0 Å². The first-order chi connectivity index (χ1) is 9.99. The highest BCUT2D eigenvalue weighted by Gasteiger charge is 2.11. The van der Waals surface area contributed by atoms with Gasteiger partial charge in [0.25, 0.3) is 5.69 Å². The number of para-hydroxylation sites is 1. The summed E-state index contributed by atoms with van der Waals surface area (Å²) in [5.74, 6) is 0.595. The van der Waals surface area contributed by atoms with E-state index in [1.54, 1.807) is 25.1 Å². The normalized spacial score (nSPS) is 12.0. The largest absolute Gasteiger partial charge is 0.488 e. The van der Waals surface area contributed by atoms with Crippen molar-refractivity contribution in [2.75, 3.05) is 0 Å². The Balaban J connectivity index is 2.15. The van der Waals surface area contributed by atoms with Gasteiger partial charge < -0.3 is 9.84 Å². The van der Waals surface area contributed by atoms with Gasteiger partial charge in [-0.2, -0.15) is 0 Å². The zero-order valence-electron chi connectivity index (χ0n) is 11.3. The minimum atomic E-state index is -0.624. The molecule has 0 radical (unpaired) electrons. The van der Waals surface area contributed by atoms with E-state index in [1.165, 1.54) is 12.1 Å². The molecule has 5 nitrogen and oxygen atoms in total. The molecule has 0 aliphatic rings. The molecule has 2 aromatic carbocycles. The molecular formula is C15H14BrNO4. The zero-order valence-corrected chi connectivity index (χ0v) is 12.9. The second kappa shape index (κ2) is 6.69. The molecule has 1 unspecified atom stereocenters. The molecule has 0 saturated carbocycles. The number of non-ortho nitro benzene ring substituents is 1. The molecule has 0 bridgehead atoms. The number of benzene rings is 2. The van der Waals surface area contributed by atoms with Gasteiger partial charge in [0.1, 0.15) is 12.4 Å². The van der Waals surface area contributed by atoms with Crippen LogP contribution in [0.15, 0.2) is 46.9 Å². The zero-order chi connectivity index (χ0) is 15.4. The predicted molar refractivity (Wildman–Crippen MR) is 82.2 cm³/mol. The van der Waals surface area contributed by atoms with E-state index in [-0.39, 0.29) is 12.3 Å². The van der Waals surface area contributed by atoms with Crippen molar-refractivity contribution in [1.29, 1.82) is 0 Å². The molecule has 0 spiro atoms. The molecule has 1 atom stereocenters. The maximum Gasteiger partial charge on any atom is 0.270 e. The number of aliphatic hydroxyl groups is 1. The molecule has 0 saturated heterocycles. The Kier molecular flexibility index (Phi) is 4.93. The van der Waals surface area contributed by atoms with Crippen LogP contribution < -0.4 is 4.74 Å². The van der Waals surface area contributed by atoms with Gasteiger partial charge in [-0.15, -0.1) is 0 Å². The quantitative estimate of drug-likeness (QED) is 0.652. The number of nitro groups is 1. The predicted octanol–water partition coefficient (Wildman–Crippen LogP) is 3.99. The van der Waals surface area contributed by atoms with Crippen molar-refractivity contribution < 1.29 is 14.8 Å². The molecule has 6 heteroatoms. The lowest BCUT2D eigenvalue weighted by Gasteiger charge is -2.13. The lowest BCUT2D eigenvalue weighted by Crippen LogP contribution is -2.01. The molecular weight excluding hydrogens is 338 g/mol. The Morgan fingerprint density at radius 2 is 2.05 bits per heavy atom. The van der Waals surface area contributed by atoms with Crippen LogP contribution in [0, 0.1) is 10.1 Å². The molecule has 2 aromatic rings. The first-order valence-corrected chi connectivity index (χ1v) is 7.11. The number of hydrogen-bond donors (Lipinski definition) is 1. The van der Waals surface area contributed by atoms with Gasteiger partial charge >= 0.3 is 0 Å². The van der Waals surface area contributed by atoms with Crippen LogP contribution in [0.3, 0.4) is 0 Å². The van der Waals surface area contributed by atoms with Crippen molar-refractivity contribution in [2.45, 2.75) is 19.6 Å². The van der Waals surface area contributed by atoms with Crippen molar-refractivity contribution in [3.05, 3.63) is 68.2 Å². The van der Waals surface area contributed by atoms with Crippen LogP contribution in [0.5, 0.6) is 5.75 Å². The number of hydrogen-bond acceptors (Lipinski definition) is 4. The summed E-state index contributed by atoms with van der Waals surface area (Å²) in [6.45, 7) is 1.92. The Bertz CT molecular complexity index is 658. The van der Waals surface area contributed by atoms with E-state index >= 15 is 0 Å². The SMILES string of the molecule is CC(O)c1ccccc1OCc1ccc([N+](=O)[O-])cc1Br. The van der Waals surface area contributed by atoms with Crippen LogP contribution >= 0.6 is 15.9 Å². The summed E-state index contributed by atoms with van der Waals surface area (Å²) in [4.78, 5) is 10.2. The molecule has 0 aliphatic carbocycles. The van der Waals surface area contributed by atoms with E-state index in [2.05, 4.69) is 15.9 Å². The van der Waals surface area contributed by atoms with E-state index < -0.39 is 11.0 Å². The summed E-state index contributed by atoms with van der Waals surface area (Å²) in [6.07, 6.45) is -0.624. The maximum absolute atomic E-state index is 10.7. The Hall–Kier alpha value is -1.92. The fourth-order valence-corrected chi connectivity index (χ4v) is 2.36. The van der Waals surface area contributed by atoms with Crippen LogP contribution in [-0.2, 0) is 6.61 Å². The molecule has 110 valence electrons. The fourth-order valence-electron chi connectivity index (χ4n) is 1.88. The number of rotatable bonds is 5.